The first-order valence-corrected chi connectivity index (χ1v) is 7.34. The van der Waals surface area contributed by atoms with Gasteiger partial charge in [-0.15, -0.1) is 0 Å². The van der Waals surface area contributed by atoms with Crippen LogP contribution >= 0.6 is 23.2 Å². The molecule has 2 rings (SSSR count). The van der Waals surface area contributed by atoms with Gasteiger partial charge in [0.25, 0.3) is 0 Å². The normalized spacial score (nSPS) is 16.5. The van der Waals surface area contributed by atoms with E-state index in [4.69, 9.17) is 23.2 Å². The highest BCUT2D eigenvalue weighted by Gasteiger charge is 2.11. The van der Waals surface area contributed by atoms with Crippen molar-refractivity contribution in [3.05, 3.63) is 33.8 Å². The number of ketones is 1. The van der Waals surface area contributed by atoms with E-state index in [0.29, 0.717) is 22.0 Å². The van der Waals surface area contributed by atoms with Crippen LogP contribution in [0, 0.1) is 0 Å². The van der Waals surface area contributed by atoms with Gasteiger partial charge in [-0.05, 0) is 31.2 Å². The van der Waals surface area contributed by atoms with E-state index in [1.54, 1.807) is 18.2 Å². The molecule has 1 aliphatic rings. The molecule has 0 atom stereocenters. The van der Waals surface area contributed by atoms with Crippen molar-refractivity contribution >= 4 is 29.0 Å². The summed E-state index contributed by atoms with van der Waals surface area (Å²) in [6, 6.07) is 5.06. The van der Waals surface area contributed by atoms with Crippen LogP contribution in [0.5, 0.6) is 0 Å². The van der Waals surface area contributed by atoms with E-state index >= 15 is 0 Å². The summed E-state index contributed by atoms with van der Waals surface area (Å²) in [6.07, 6.45) is 1.45. The van der Waals surface area contributed by atoms with E-state index in [0.717, 1.165) is 39.1 Å². The third-order valence-corrected chi connectivity index (χ3v) is 4.07. The maximum atomic E-state index is 12.0. The molecule has 3 nitrogen and oxygen atoms in total. The molecule has 104 valence electrons. The maximum Gasteiger partial charge on any atom is 0.162 e. The number of nitrogens with one attached hydrogen (secondary N) is 1. The number of hydrogen-bond donors (Lipinski definition) is 1. The molecule has 19 heavy (non-hydrogen) atoms. The smallest absolute Gasteiger partial charge is 0.162 e. The molecule has 0 aliphatic carbocycles. The van der Waals surface area contributed by atoms with Gasteiger partial charge >= 0.3 is 0 Å². The van der Waals surface area contributed by atoms with Crippen LogP contribution in [0.15, 0.2) is 18.2 Å². The number of piperazine rings is 1. The Bertz CT molecular complexity index is 445. The molecule has 1 aromatic carbocycles. The predicted molar refractivity (Wildman–Crippen MR) is 79.3 cm³/mol. The number of nitrogens with zero attached hydrogens (tertiary/aromatic N) is 1. The van der Waals surface area contributed by atoms with Crippen molar-refractivity contribution in [2.75, 3.05) is 32.7 Å². The summed E-state index contributed by atoms with van der Waals surface area (Å²) in [5.41, 5.74) is 0.648. The van der Waals surface area contributed by atoms with Crippen molar-refractivity contribution in [2.45, 2.75) is 12.8 Å². The zero-order valence-electron chi connectivity index (χ0n) is 10.8. The van der Waals surface area contributed by atoms with Gasteiger partial charge in [-0.2, -0.15) is 0 Å². The molecular weight excluding hydrogens is 283 g/mol. The quantitative estimate of drug-likeness (QED) is 0.849. The molecule has 1 N–H and O–H groups in total. The van der Waals surface area contributed by atoms with E-state index in [-0.39, 0.29) is 5.78 Å². The molecule has 1 saturated heterocycles. The van der Waals surface area contributed by atoms with Crippen molar-refractivity contribution in [3.8, 4) is 0 Å². The van der Waals surface area contributed by atoms with E-state index in [2.05, 4.69) is 10.2 Å². The fraction of sp³-hybridized carbons (Fsp3) is 0.500. The van der Waals surface area contributed by atoms with Crippen LogP contribution in [0.2, 0.25) is 10.0 Å². The van der Waals surface area contributed by atoms with Crippen LogP contribution in [0.4, 0.5) is 0 Å². The van der Waals surface area contributed by atoms with Crippen LogP contribution in [-0.2, 0) is 0 Å². The second-order valence-corrected chi connectivity index (χ2v) is 5.56. The fourth-order valence-corrected chi connectivity index (χ4v) is 2.51. The van der Waals surface area contributed by atoms with Gasteiger partial charge in [-0.25, -0.2) is 0 Å². The topological polar surface area (TPSA) is 32.3 Å². The van der Waals surface area contributed by atoms with E-state index in [1.165, 1.54) is 0 Å². The molecule has 1 aliphatic heterocycles. The molecule has 0 amide bonds. The fourth-order valence-electron chi connectivity index (χ4n) is 2.21. The van der Waals surface area contributed by atoms with Crippen LogP contribution < -0.4 is 5.32 Å². The molecule has 1 heterocycles. The highest BCUT2D eigenvalue weighted by atomic mass is 35.5. The average Bonchev–Trinajstić information content (AvgIpc) is 2.43. The lowest BCUT2D eigenvalue weighted by Gasteiger charge is -2.26. The van der Waals surface area contributed by atoms with Gasteiger partial charge in [-0.1, -0.05) is 23.2 Å². The third kappa shape index (κ3) is 4.46. The van der Waals surface area contributed by atoms with Gasteiger partial charge < -0.3 is 10.2 Å². The second kappa shape index (κ2) is 7.25. The summed E-state index contributed by atoms with van der Waals surface area (Å²) in [5, 5.41) is 4.24. The monoisotopic (exact) mass is 300 g/mol. The molecule has 0 saturated carbocycles. The minimum atomic E-state index is 0.133. The number of carbonyl (C=O) groups is 1. The largest absolute Gasteiger partial charge is 0.314 e. The zero-order chi connectivity index (χ0) is 13.7. The van der Waals surface area contributed by atoms with Crippen molar-refractivity contribution in [2.24, 2.45) is 0 Å². The predicted octanol–water partition coefficient (Wildman–Crippen LogP) is 2.86. The zero-order valence-corrected chi connectivity index (χ0v) is 12.3. The van der Waals surface area contributed by atoms with E-state index in [1.807, 2.05) is 0 Å². The Hall–Kier alpha value is -0.610. The first-order valence-electron chi connectivity index (χ1n) is 6.58. The molecular formula is C14H18Cl2N2O. The standard InChI is InChI=1S/C14H18Cl2N2O/c15-12-4-3-11(10-13(12)16)14(19)2-1-7-18-8-5-17-6-9-18/h3-4,10,17H,1-2,5-9H2. The number of halogens is 2. The number of carbonyl (C=O) groups excluding carboxylic acids is 1. The van der Waals surface area contributed by atoms with Gasteiger partial charge in [0.15, 0.2) is 5.78 Å². The number of hydrogen-bond acceptors (Lipinski definition) is 3. The number of rotatable bonds is 5. The Labute approximate surface area is 123 Å². The van der Waals surface area contributed by atoms with E-state index in [9.17, 15) is 4.79 Å². The summed E-state index contributed by atoms with van der Waals surface area (Å²) < 4.78 is 0. The lowest BCUT2D eigenvalue weighted by molar-refractivity contribution is 0.0973. The van der Waals surface area contributed by atoms with Gasteiger partial charge in [0, 0.05) is 38.2 Å². The lowest BCUT2D eigenvalue weighted by atomic mass is 10.1. The van der Waals surface area contributed by atoms with Gasteiger partial charge in [-0.3, -0.25) is 4.79 Å². The van der Waals surface area contributed by atoms with Crippen LogP contribution in [0.1, 0.15) is 23.2 Å². The van der Waals surface area contributed by atoms with Gasteiger partial charge in [0.2, 0.25) is 0 Å². The van der Waals surface area contributed by atoms with E-state index < -0.39 is 0 Å². The Balaban J connectivity index is 1.78. The van der Waals surface area contributed by atoms with Crippen LogP contribution in [0.3, 0.4) is 0 Å². The average molecular weight is 301 g/mol. The second-order valence-electron chi connectivity index (χ2n) is 4.75. The first kappa shape index (κ1) is 14.8. The number of Topliss-reactive ketones (excluding diaryl/α,β-unsaturated/α-hetero) is 1. The Morgan fingerprint density at radius 1 is 1.21 bits per heavy atom. The van der Waals surface area contributed by atoms with Crippen LogP contribution in [0.25, 0.3) is 0 Å². The molecule has 0 spiro atoms. The van der Waals surface area contributed by atoms with Gasteiger partial charge in [0.05, 0.1) is 10.0 Å². The molecule has 1 aromatic rings. The molecule has 0 aromatic heterocycles. The first-order chi connectivity index (χ1) is 9.16. The maximum absolute atomic E-state index is 12.0. The highest BCUT2D eigenvalue weighted by Crippen LogP contribution is 2.23. The summed E-state index contributed by atoms with van der Waals surface area (Å²) >= 11 is 11.7. The highest BCUT2D eigenvalue weighted by molar-refractivity contribution is 6.42. The van der Waals surface area contributed by atoms with Crippen molar-refractivity contribution < 1.29 is 4.79 Å². The molecule has 5 heteroatoms. The SMILES string of the molecule is O=C(CCCN1CCNCC1)c1ccc(Cl)c(Cl)c1. The summed E-state index contributed by atoms with van der Waals surface area (Å²) in [4.78, 5) is 14.4. The molecule has 1 fully saturated rings. The molecule has 0 bridgehead atoms. The van der Waals surface area contributed by atoms with Crippen molar-refractivity contribution in [3.63, 3.8) is 0 Å². The summed E-state index contributed by atoms with van der Waals surface area (Å²) in [6.45, 7) is 5.21. The van der Waals surface area contributed by atoms with Crippen LogP contribution in [-0.4, -0.2) is 43.4 Å². The molecule has 0 unspecified atom stereocenters. The molecule has 0 radical (unpaired) electrons. The summed E-state index contributed by atoms with van der Waals surface area (Å²) in [7, 11) is 0. The van der Waals surface area contributed by atoms with Gasteiger partial charge in [0.1, 0.15) is 0 Å². The Morgan fingerprint density at radius 2 is 1.95 bits per heavy atom. The van der Waals surface area contributed by atoms with Crippen molar-refractivity contribution in [1.29, 1.82) is 0 Å². The minimum absolute atomic E-state index is 0.133. The lowest BCUT2D eigenvalue weighted by Crippen LogP contribution is -2.43. The Morgan fingerprint density at radius 3 is 2.63 bits per heavy atom. The number of benzene rings is 1. The summed E-state index contributed by atoms with van der Waals surface area (Å²) in [5.74, 6) is 0.133. The minimum Gasteiger partial charge on any atom is -0.314 e. The third-order valence-electron chi connectivity index (χ3n) is 3.33. The Kier molecular flexibility index (Phi) is 5.64. The van der Waals surface area contributed by atoms with Crippen molar-refractivity contribution in [1.82, 2.24) is 10.2 Å².